The number of hydrogen-bond acceptors (Lipinski definition) is 4. The van der Waals surface area contributed by atoms with E-state index in [1.54, 1.807) is 13.3 Å². The molecule has 100 valence electrons. The van der Waals surface area contributed by atoms with Crippen LogP contribution in [0.15, 0.2) is 18.3 Å². The topological polar surface area (TPSA) is 75.2 Å². The highest BCUT2D eigenvalue weighted by Gasteiger charge is 2.17. The predicted molar refractivity (Wildman–Crippen MR) is 74.2 cm³/mol. The normalized spacial score (nSPS) is 12.2. The van der Waals surface area contributed by atoms with Crippen LogP contribution in [0.2, 0.25) is 0 Å². The Kier molecular flexibility index (Phi) is 5.58. The van der Waals surface area contributed by atoms with E-state index >= 15 is 0 Å². The molecule has 5 nitrogen and oxygen atoms in total. The summed E-state index contributed by atoms with van der Waals surface area (Å²) in [5, 5.41) is 7.60. The van der Waals surface area contributed by atoms with Crippen molar-refractivity contribution in [3.8, 4) is 0 Å². The van der Waals surface area contributed by atoms with Crippen LogP contribution in [-0.4, -0.2) is 37.1 Å². The average Bonchev–Trinajstić information content (AvgIpc) is 2.39. The molecule has 1 aromatic rings. The summed E-state index contributed by atoms with van der Waals surface area (Å²) in [6, 6.07) is 4.16. The molecular weight excluding hydrogens is 228 g/mol. The van der Waals surface area contributed by atoms with Gasteiger partial charge < -0.3 is 15.4 Å². The zero-order chi connectivity index (χ0) is 13.5. The molecule has 1 unspecified atom stereocenters. The lowest BCUT2D eigenvalue weighted by Gasteiger charge is -2.31. The van der Waals surface area contributed by atoms with Gasteiger partial charge in [0, 0.05) is 25.9 Å². The van der Waals surface area contributed by atoms with Crippen LogP contribution in [0.25, 0.3) is 0 Å². The maximum absolute atomic E-state index is 7.60. The molecule has 0 aliphatic rings. The van der Waals surface area contributed by atoms with Crippen molar-refractivity contribution in [1.29, 1.82) is 5.41 Å². The lowest BCUT2D eigenvalue weighted by molar-refractivity contribution is 0.203. The van der Waals surface area contributed by atoms with Gasteiger partial charge in [0.25, 0.3) is 0 Å². The summed E-state index contributed by atoms with van der Waals surface area (Å²) in [6.45, 7) is 5.68. The second-order valence-electron chi connectivity index (χ2n) is 4.23. The molecule has 1 atom stereocenters. The number of nitrogens with one attached hydrogen (secondary N) is 1. The van der Waals surface area contributed by atoms with Gasteiger partial charge in [-0.1, -0.05) is 6.92 Å². The number of hydrogen-bond donors (Lipinski definition) is 2. The number of pyridine rings is 1. The molecular formula is C13H22N4O. The average molecular weight is 250 g/mol. The Bertz CT molecular complexity index is 394. The minimum Gasteiger partial charge on any atom is -0.383 e. The standard InChI is InChI=1S/C13H22N4O/c1-4-10(2)17(8-9-18-3)11-6-5-7-16-12(11)13(14)15/h5-7,10H,4,8-9H2,1-3H3,(H3,14,15). The molecule has 3 N–H and O–H groups in total. The van der Waals surface area contributed by atoms with E-state index in [-0.39, 0.29) is 5.84 Å². The summed E-state index contributed by atoms with van der Waals surface area (Å²) in [5.74, 6) is -0.00341. The highest BCUT2D eigenvalue weighted by Crippen LogP contribution is 2.21. The third-order valence-corrected chi connectivity index (χ3v) is 3.01. The minimum absolute atomic E-state index is 0.00341. The second-order valence-corrected chi connectivity index (χ2v) is 4.23. The number of nitrogens with zero attached hydrogens (tertiary/aromatic N) is 2. The number of rotatable bonds is 7. The van der Waals surface area contributed by atoms with Crippen LogP contribution in [0.1, 0.15) is 26.0 Å². The van der Waals surface area contributed by atoms with Crippen molar-refractivity contribution in [3.05, 3.63) is 24.0 Å². The number of nitrogen functional groups attached to an aromatic ring is 1. The minimum atomic E-state index is -0.00341. The molecule has 0 aliphatic carbocycles. The summed E-state index contributed by atoms with van der Waals surface area (Å²) < 4.78 is 5.14. The number of ether oxygens (including phenoxy) is 1. The van der Waals surface area contributed by atoms with Crippen molar-refractivity contribution in [3.63, 3.8) is 0 Å². The summed E-state index contributed by atoms with van der Waals surface area (Å²) >= 11 is 0. The Morgan fingerprint density at radius 3 is 2.89 bits per heavy atom. The van der Waals surface area contributed by atoms with Gasteiger partial charge in [-0.05, 0) is 25.5 Å². The highest BCUT2D eigenvalue weighted by molar-refractivity contribution is 5.98. The van der Waals surface area contributed by atoms with Gasteiger partial charge in [-0.3, -0.25) is 10.4 Å². The van der Waals surface area contributed by atoms with Crippen molar-refractivity contribution in [2.24, 2.45) is 5.73 Å². The Balaban J connectivity index is 3.07. The lowest BCUT2D eigenvalue weighted by atomic mass is 10.1. The van der Waals surface area contributed by atoms with E-state index in [4.69, 9.17) is 15.9 Å². The van der Waals surface area contributed by atoms with Gasteiger partial charge in [-0.2, -0.15) is 0 Å². The van der Waals surface area contributed by atoms with Gasteiger partial charge in [0.1, 0.15) is 11.5 Å². The molecule has 1 heterocycles. The van der Waals surface area contributed by atoms with Gasteiger partial charge in [0.05, 0.1) is 12.3 Å². The van der Waals surface area contributed by atoms with Crippen LogP contribution in [0.3, 0.4) is 0 Å². The van der Waals surface area contributed by atoms with Crippen molar-refractivity contribution < 1.29 is 4.74 Å². The predicted octanol–water partition coefficient (Wildman–Crippen LogP) is 1.62. The smallest absolute Gasteiger partial charge is 0.143 e. The molecule has 5 heteroatoms. The molecule has 1 aromatic heterocycles. The largest absolute Gasteiger partial charge is 0.383 e. The van der Waals surface area contributed by atoms with E-state index in [1.165, 1.54) is 0 Å². The van der Waals surface area contributed by atoms with E-state index in [2.05, 4.69) is 23.7 Å². The zero-order valence-electron chi connectivity index (χ0n) is 11.3. The van der Waals surface area contributed by atoms with Gasteiger partial charge in [0.15, 0.2) is 0 Å². The van der Waals surface area contributed by atoms with Crippen molar-refractivity contribution in [2.75, 3.05) is 25.2 Å². The Morgan fingerprint density at radius 1 is 1.61 bits per heavy atom. The Hall–Kier alpha value is -1.62. The maximum Gasteiger partial charge on any atom is 0.143 e. The molecule has 0 aromatic carbocycles. The highest BCUT2D eigenvalue weighted by atomic mass is 16.5. The van der Waals surface area contributed by atoms with Gasteiger partial charge in [0.2, 0.25) is 0 Å². The third-order valence-electron chi connectivity index (χ3n) is 3.01. The Morgan fingerprint density at radius 2 is 2.33 bits per heavy atom. The molecule has 0 aliphatic heterocycles. The molecule has 0 saturated heterocycles. The summed E-state index contributed by atoms with van der Waals surface area (Å²) in [5.41, 5.74) is 7.02. The number of amidine groups is 1. The monoisotopic (exact) mass is 250 g/mol. The number of aromatic nitrogens is 1. The molecule has 0 fully saturated rings. The van der Waals surface area contributed by atoms with E-state index in [0.29, 0.717) is 18.3 Å². The molecule has 0 saturated carbocycles. The number of nitrogens with two attached hydrogens (primary N) is 1. The van der Waals surface area contributed by atoms with E-state index in [9.17, 15) is 0 Å². The lowest BCUT2D eigenvalue weighted by Crippen LogP contribution is -2.37. The first kappa shape index (κ1) is 14.4. The van der Waals surface area contributed by atoms with Crippen molar-refractivity contribution >= 4 is 11.5 Å². The van der Waals surface area contributed by atoms with Crippen LogP contribution in [0.5, 0.6) is 0 Å². The second kappa shape index (κ2) is 6.96. The van der Waals surface area contributed by atoms with Crippen LogP contribution in [0.4, 0.5) is 5.69 Å². The first-order chi connectivity index (χ1) is 8.61. The first-order valence-electron chi connectivity index (χ1n) is 6.16. The SMILES string of the molecule is CCC(C)N(CCOC)c1cccnc1C(=N)N. The van der Waals surface area contributed by atoms with Crippen LogP contribution >= 0.6 is 0 Å². The van der Waals surface area contributed by atoms with Crippen molar-refractivity contribution in [2.45, 2.75) is 26.3 Å². The van der Waals surface area contributed by atoms with Crippen molar-refractivity contribution in [1.82, 2.24) is 4.98 Å². The number of anilines is 1. The summed E-state index contributed by atoms with van der Waals surface area (Å²) in [6.07, 6.45) is 2.67. The summed E-state index contributed by atoms with van der Waals surface area (Å²) in [7, 11) is 1.68. The molecule has 0 spiro atoms. The van der Waals surface area contributed by atoms with Gasteiger partial charge in [-0.15, -0.1) is 0 Å². The molecule has 0 amide bonds. The first-order valence-corrected chi connectivity index (χ1v) is 6.16. The van der Waals surface area contributed by atoms with Gasteiger partial charge in [-0.25, -0.2) is 0 Å². The van der Waals surface area contributed by atoms with E-state index in [0.717, 1.165) is 18.7 Å². The quantitative estimate of drug-likeness (QED) is 0.569. The molecule has 0 radical (unpaired) electrons. The fourth-order valence-electron chi connectivity index (χ4n) is 1.82. The molecule has 0 bridgehead atoms. The fourth-order valence-corrected chi connectivity index (χ4v) is 1.82. The van der Waals surface area contributed by atoms with Crippen LogP contribution < -0.4 is 10.6 Å². The van der Waals surface area contributed by atoms with Crippen LogP contribution in [-0.2, 0) is 4.74 Å². The van der Waals surface area contributed by atoms with Crippen LogP contribution in [0, 0.1) is 5.41 Å². The fraction of sp³-hybridized carbons (Fsp3) is 0.538. The third kappa shape index (κ3) is 3.43. The molecule has 1 rings (SSSR count). The Labute approximate surface area is 108 Å². The van der Waals surface area contributed by atoms with E-state index in [1.807, 2.05) is 12.1 Å². The zero-order valence-corrected chi connectivity index (χ0v) is 11.3. The maximum atomic E-state index is 7.60. The molecule has 18 heavy (non-hydrogen) atoms. The van der Waals surface area contributed by atoms with E-state index < -0.39 is 0 Å². The number of methoxy groups -OCH3 is 1. The van der Waals surface area contributed by atoms with Gasteiger partial charge >= 0.3 is 0 Å². The summed E-state index contributed by atoms with van der Waals surface area (Å²) in [4.78, 5) is 6.38.